The summed E-state index contributed by atoms with van der Waals surface area (Å²) >= 11 is 0. The number of carbonyl (C=O) groups is 1. The lowest BCUT2D eigenvalue weighted by Gasteiger charge is -2.35. The number of amides is 1. The molecule has 1 aliphatic heterocycles. The molecule has 1 aromatic carbocycles. The summed E-state index contributed by atoms with van der Waals surface area (Å²) in [7, 11) is 1.65. The average Bonchev–Trinajstić information content (AvgIpc) is 3.17. The zero-order chi connectivity index (χ0) is 20.9. The monoisotopic (exact) mass is 407 g/mol. The van der Waals surface area contributed by atoms with E-state index in [0.717, 1.165) is 54.3 Å². The van der Waals surface area contributed by atoms with E-state index in [4.69, 9.17) is 9.72 Å². The highest BCUT2D eigenvalue weighted by Gasteiger charge is 2.25. The highest BCUT2D eigenvalue weighted by Crippen LogP contribution is 2.30. The largest absolute Gasteiger partial charge is 0.497 e. The summed E-state index contributed by atoms with van der Waals surface area (Å²) in [4.78, 5) is 23.9. The van der Waals surface area contributed by atoms with Gasteiger partial charge in [0, 0.05) is 43.5 Å². The van der Waals surface area contributed by atoms with E-state index in [9.17, 15) is 4.79 Å². The summed E-state index contributed by atoms with van der Waals surface area (Å²) in [6.07, 6.45) is 10.3. The Labute approximate surface area is 177 Å². The second-order valence-corrected chi connectivity index (χ2v) is 7.67. The van der Waals surface area contributed by atoms with E-state index in [1.54, 1.807) is 19.5 Å². The van der Waals surface area contributed by atoms with Gasteiger partial charge in [-0.15, -0.1) is 0 Å². The molecule has 3 aromatic rings. The van der Waals surface area contributed by atoms with Gasteiger partial charge >= 0.3 is 0 Å². The molecule has 0 unspecified atom stereocenters. The van der Waals surface area contributed by atoms with Crippen LogP contribution in [0.4, 0.5) is 5.82 Å². The quantitative estimate of drug-likeness (QED) is 0.641. The molecule has 1 saturated heterocycles. The van der Waals surface area contributed by atoms with Crippen molar-refractivity contribution in [3.63, 3.8) is 0 Å². The van der Waals surface area contributed by atoms with Gasteiger partial charge in [-0.2, -0.15) is 0 Å². The molecule has 1 aliphatic rings. The Morgan fingerprint density at radius 2 is 2.23 bits per heavy atom. The fourth-order valence-electron chi connectivity index (χ4n) is 4.23. The van der Waals surface area contributed by atoms with Crippen LogP contribution < -0.4 is 10.1 Å². The molecule has 0 bridgehead atoms. The van der Waals surface area contributed by atoms with Crippen molar-refractivity contribution in [3.8, 4) is 17.0 Å². The van der Waals surface area contributed by atoms with Gasteiger partial charge in [0.05, 0.1) is 13.3 Å². The lowest BCUT2D eigenvalue weighted by atomic mass is 9.99. The van der Waals surface area contributed by atoms with Gasteiger partial charge < -0.3 is 15.0 Å². The number of likely N-dealkylation sites (tertiary alicyclic amines) is 1. The van der Waals surface area contributed by atoms with E-state index in [1.807, 2.05) is 34.9 Å². The lowest BCUT2D eigenvalue weighted by Crippen LogP contribution is -2.43. The third-order valence-electron chi connectivity index (χ3n) is 5.82. The summed E-state index contributed by atoms with van der Waals surface area (Å²) < 4.78 is 7.35. The molecule has 0 radical (unpaired) electrons. The Kier molecular flexibility index (Phi) is 6.16. The lowest BCUT2D eigenvalue weighted by molar-refractivity contribution is -0.134. The molecule has 7 heteroatoms. The van der Waals surface area contributed by atoms with Crippen molar-refractivity contribution in [2.75, 3.05) is 25.5 Å². The minimum atomic E-state index is 0.229. The van der Waals surface area contributed by atoms with Crippen molar-refractivity contribution in [2.24, 2.45) is 0 Å². The van der Waals surface area contributed by atoms with Gasteiger partial charge in [0.25, 0.3) is 0 Å². The van der Waals surface area contributed by atoms with Gasteiger partial charge in [0.2, 0.25) is 5.91 Å². The molecule has 0 spiro atoms. The van der Waals surface area contributed by atoms with E-state index >= 15 is 0 Å². The van der Waals surface area contributed by atoms with E-state index in [0.29, 0.717) is 19.0 Å². The first kappa shape index (κ1) is 20.2. The molecule has 1 atom stereocenters. The van der Waals surface area contributed by atoms with Crippen LogP contribution in [0.1, 0.15) is 39.0 Å². The molecule has 1 fully saturated rings. The zero-order valence-electron chi connectivity index (χ0n) is 17.7. The van der Waals surface area contributed by atoms with Crippen molar-refractivity contribution < 1.29 is 9.53 Å². The van der Waals surface area contributed by atoms with Gasteiger partial charge in [-0.3, -0.25) is 14.2 Å². The number of nitrogens with one attached hydrogen (secondary N) is 1. The summed E-state index contributed by atoms with van der Waals surface area (Å²) in [5.41, 5.74) is 2.53. The number of benzene rings is 1. The number of nitrogens with zero attached hydrogens (tertiary/aromatic N) is 4. The first-order valence-electron chi connectivity index (χ1n) is 10.7. The third kappa shape index (κ3) is 4.10. The van der Waals surface area contributed by atoms with E-state index < -0.39 is 0 Å². The van der Waals surface area contributed by atoms with Crippen LogP contribution >= 0.6 is 0 Å². The highest BCUT2D eigenvalue weighted by molar-refractivity contribution is 5.79. The normalized spacial score (nSPS) is 16.6. The van der Waals surface area contributed by atoms with Gasteiger partial charge in [-0.05, 0) is 37.8 Å². The Balaban J connectivity index is 1.54. The molecule has 30 heavy (non-hydrogen) atoms. The van der Waals surface area contributed by atoms with Crippen LogP contribution in [0.25, 0.3) is 16.9 Å². The molecule has 158 valence electrons. The molecular formula is C23H29N5O2. The first-order chi connectivity index (χ1) is 14.7. The van der Waals surface area contributed by atoms with Gasteiger partial charge in [0.15, 0.2) is 5.65 Å². The van der Waals surface area contributed by atoms with E-state index in [1.165, 1.54) is 6.42 Å². The Bertz CT molecular complexity index is 1020. The first-order valence-corrected chi connectivity index (χ1v) is 10.7. The van der Waals surface area contributed by atoms with Gasteiger partial charge in [0.1, 0.15) is 17.3 Å². The SMILES string of the molecule is CC[C@H]1CCCCN1C(=O)CCNc1c(-c2cccc(OC)c2)nc2cnccn12. The maximum absolute atomic E-state index is 12.8. The Morgan fingerprint density at radius 1 is 1.33 bits per heavy atom. The number of methoxy groups -OCH3 is 1. The van der Waals surface area contributed by atoms with Crippen LogP contribution in [0.15, 0.2) is 42.9 Å². The van der Waals surface area contributed by atoms with Crippen LogP contribution in [-0.4, -0.2) is 51.4 Å². The number of imidazole rings is 1. The number of ether oxygens (including phenoxy) is 1. The number of hydrogen-bond acceptors (Lipinski definition) is 5. The summed E-state index contributed by atoms with van der Waals surface area (Å²) in [5.74, 6) is 1.87. The minimum absolute atomic E-state index is 0.229. The number of anilines is 1. The second-order valence-electron chi connectivity index (χ2n) is 7.67. The number of piperidine rings is 1. The molecule has 0 saturated carbocycles. The standard InChI is InChI=1S/C23H29N5O2/c1-3-18-8-4-5-13-27(18)21(29)10-11-25-23-22(17-7-6-9-19(15-17)30-2)26-20-16-24-12-14-28(20)23/h6-7,9,12,14-16,18,25H,3-5,8,10-11,13H2,1-2H3/t18-/m0/s1. The predicted octanol–water partition coefficient (Wildman–Crippen LogP) is 4.00. The summed E-state index contributed by atoms with van der Waals surface area (Å²) in [6.45, 7) is 3.61. The zero-order valence-corrected chi connectivity index (χ0v) is 17.7. The van der Waals surface area contributed by atoms with Gasteiger partial charge in [-0.25, -0.2) is 4.98 Å². The smallest absolute Gasteiger partial charge is 0.224 e. The number of aromatic nitrogens is 3. The Hall–Kier alpha value is -3.09. The number of fused-ring (bicyclic) bond motifs is 1. The van der Waals surface area contributed by atoms with E-state index in [2.05, 4.69) is 22.1 Å². The summed E-state index contributed by atoms with van der Waals surface area (Å²) in [5, 5.41) is 3.46. The molecular weight excluding hydrogens is 378 g/mol. The van der Waals surface area contributed by atoms with Crippen LogP contribution in [0.2, 0.25) is 0 Å². The van der Waals surface area contributed by atoms with Gasteiger partial charge in [-0.1, -0.05) is 19.1 Å². The molecule has 3 heterocycles. The van der Waals surface area contributed by atoms with Crippen molar-refractivity contribution in [3.05, 3.63) is 42.9 Å². The Morgan fingerprint density at radius 3 is 3.07 bits per heavy atom. The van der Waals surface area contributed by atoms with Crippen molar-refractivity contribution in [1.82, 2.24) is 19.3 Å². The maximum atomic E-state index is 12.8. The van der Waals surface area contributed by atoms with Crippen molar-refractivity contribution in [1.29, 1.82) is 0 Å². The molecule has 0 aliphatic carbocycles. The summed E-state index contributed by atoms with van der Waals surface area (Å²) in [6, 6.07) is 8.22. The van der Waals surface area contributed by atoms with E-state index in [-0.39, 0.29) is 5.91 Å². The molecule has 2 aromatic heterocycles. The van der Waals surface area contributed by atoms with Crippen molar-refractivity contribution in [2.45, 2.75) is 45.1 Å². The highest BCUT2D eigenvalue weighted by atomic mass is 16.5. The van der Waals surface area contributed by atoms with Crippen LogP contribution in [0.3, 0.4) is 0 Å². The molecule has 4 rings (SSSR count). The number of rotatable bonds is 7. The van der Waals surface area contributed by atoms with Crippen LogP contribution in [0.5, 0.6) is 5.75 Å². The van der Waals surface area contributed by atoms with Crippen LogP contribution in [0, 0.1) is 0 Å². The second kappa shape index (κ2) is 9.15. The fourth-order valence-corrected chi connectivity index (χ4v) is 4.23. The number of carbonyl (C=O) groups excluding carboxylic acids is 1. The third-order valence-corrected chi connectivity index (χ3v) is 5.82. The number of hydrogen-bond donors (Lipinski definition) is 1. The molecule has 7 nitrogen and oxygen atoms in total. The molecule has 1 amide bonds. The maximum Gasteiger partial charge on any atom is 0.224 e. The fraction of sp³-hybridized carbons (Fsp3) is 0.435. The molecule has 1 N–H and O–H groups in total. The average molecular weight is 408 g/mol. The van der Waals surface area contributed by atoms with Crippen LogP contribution in [-0.2, 0) is 4.79 Å². The minimum Gasteiger partial charge on any atom is -0.497 e. The topological polar surface area (TPSA) is 71.8 Å². The predicted molar refractivity (Wildman–Crippen MR) is 118 cm³/mol. The van der Waals surface area contributed by atoms with Crippen molar-refractivity contribution >= 4 is 17.4 Å².